The minimum Gasteiger partial charge on any atom is -0.383 e. The van der Waals surface area contributed by atoms with Crippen molar-refractivity contribution in [2.45, 2.75) is 18.5 Å². The fourth-order valence-corrected chi connectivity index (χ4v) is 3.41. The minimum absolute atomic E-state index is 0.266. The molecule has 1 fully saturated rings. The molecule has 1 amide bonds. The molecule has 1 unspecified atom stereocenters. The second-order valence-corrected chi connectivity index (χ2v) is 6.75. The van der Waals surface area contributed by atoms with Crippen molar-refractivity contribution in [3.63, 3.8) is 0 Å². The molecule has 2 aromatic rings. The second kappa shape index (κ2) is 7.65. The lowest BCUT2D eigenvalue weighted by Crippen LogP contribution is -2.47. The molecule has 1 atom stereocenters. The zero-order valence-corrected chi connectivity index (χ0v) is 15.5. The van der Waals surface area contributed by atoms with Gasteiger partial charge in [0.25, 0.3) is 5.91 Å². The normalized spacial score (nSPS) is 19.9. The van der Waals surface area contributed by atoms with E-state index in [9.17, 15) is 13.6 Å². The van der Waals surface area contributed by atoms with Crippen molar-refractivity contribution in [3.05, 3.63) is 41.2 Å². The van der Waals surface area contributed by atoms with Crippen LogP contribution in [-0.4, -0.2) is 76.8 Å². The fraction of sp³-hybridized carbons (Fsp3) is 0.529. The minimum atomic E-state index is -0.742. The molecular weight excluding hydrogens is 358 g/mol. The number of rotatable bonds is 6. The SMILES string of the molecule is COCCn1nnnc1C1(N(C)C)CCN(C(=O)c2cc(F)ccc2F)C1. The Hall–Kier alpha value is -2.46. The van der Waals surface area contributed by atoms with E-state index in [0.717, 1.165) is 18.2 Å². The zero-order chi connectivity index (χ0) is 19.6. The van der Waals surface area contributed by atoms with Gasteiger partial charge < -0.3 is 9.64 Å². The van der Waals surface area contributed by atoms with Crippen molar-refractivity contribution in [3.8, 4) is 0 Å². The number of benzene rings is 1. The lowest BCUT2D eigenvalue weighted by Gasteiger charge is -2.34. The number of nitrogens with zero attached hydrogens (tertiary/aromatic N) is 6. The summed E-state index contributed by atoms with van der Waals surface area (Å²) < 4.78 is 34.3. The molecule has 8 nitrogen and oxygen atoms in total. The van der Waals surface area contributed by atoms with Gasteiger partial charge in [0.05, 0.1) is 18.7 Å². The Kier molecular flexibility index (Phi) is 5.47. The number of likely N-dealkylation sites (tertiary alicyclic amines) is 1. The van der Waals surface area contributed by atoms with E-state index in [-0.39, 0.29) is 12.1 Å². The van der Waals surface area contributed by atoms with E-state index in [4.69, 9.17) is 4.74 Å². The maximum absolute atomic E-state index is 14.0. The van der Waals surface area contributed by atoms with Gasteiger partial charge in [0.2, 0.25) is 0 Å². The summed E-state index contributed by atoms with van der Waals surface area (Å²) in [6.07, 6.45) is 0.566. The molecule has 0 saturated carbocycles. The number of tetrazole rings is 1. The Morgan fingerprint density at radius 1 is 1.37 bits per heavy atom. The van der Waals surface area contributed by atoms with Crippen molar-refractivity contribution in [1.29, 1.82) is 0 Å². The highest BCUT2D eigenvalue weighted by atomic mass is 19.1. The first-order valence-electron chi connectivity index (χ1n) is 8.56. The third-order valence-corrected chi connectivity index (χ3v) is 5.01. The summed E-state index contributed by atoms with van der Waals surface area (Å²) in [4.78, 5) is 16.2. The first-order valence-corrected chi connectivity index (χ1v) is 8.56. The highest BCUT2D eigenvalue weighted by molar-refractivity contribution is 5.94. The molecule has 10 heteroatoms. The number of amides is 1. The number of hydrogen-bond acceptors (Lipinski definition) is 6. The summed E-state index contributed by atoms with van der Waals surface area (Å²) in [6, 6.07) is 2.88. The van der Waals surface area contributed by atoms with E-state index in [0.29, 0.717) is 31.9 Å². The maximum atomic E-state index is 14.0. The van der Waals surface area contributed by atoms with E-state index >= 15 is 0 Å². The number of carbonyl (C=O) groups excluding carboxylic acids is 1. The largest absolute Gasteiger partial charge is 0.383 e. The molecular formula is C17H22F2N6O2. The molecule has 1 aliphatic rings. The number of likely N-dealkylation sites (N-methyl/N-ethyl adjacent to an activating group) is 1. The lowest BCUT2D eigenvalue weighted by molar-refractivity contribution is 0.0731. The molecule has 1 aromatic heterocycles. The van der Waals surface area contributed by atoms with Gasteiger partial charge in [-0.15, -0.1) is 5.10 Å². The van der Waals surface area contributed by atoms with Crippen LogP contribution in [0.5, 0.6) is 0 Å². The number of hydrogen-bond donors (Lipinski definition) is 0. The molecule has 0 radical (unpaired) electrons. The van der Waals surface area contributed by atoms with Crippen LogP contribution in [0, 0.1) is 11.6 Å². The molecule has 1 aliphatic heterocycles. The zero-order valence-electron chi connectivity index (χ0n) is 15.5. The van der Waals surface area contributed by atoms with Gasteiger partial charge in [-0.25, -0.2) is 13.5 Å². The Morgan fingerprint density at radius 2 is 2.15 bits per heavy atom. The number of ether oxygens (including phenoxy) is 1. The van der Waals surface area contributed by atoms with E-state index in [1.165, 1.54) is 4.90 Å². The van der Waals surface area contributed by atoms with Gasteiger partial charge in [-0.05, 0) is 49.1 Å². The lowest BCUT2D eigenvalue weighted by atomic mass is 9.96. The van der Waals surface area contributed by atoms with Crippen LogP contribution in [0.1, 0.15) is 22.6 Å². The van der Waals surface area contributed by atoms with Crippen LogP contribution in [0.15, 0.2) is 18.2 Å². The Bertz CT molecular complexity index is 828. The molecule has 0 bridgehead atoms. The summed E-state index contributed by atoms with van der Waals surface area (Å²) >= 11 is 0. The van der Waals surface area contributed by atoms with Gasteiger partial charge >= 0.3 is 0 Å². The van der Waals surface area contributed by atoms with Crippen LogP contribution >= 0.6 is 0 Å². The van der Waals surface area contributed by atoms with E-state index < -0.39 is 23.1 Å². The predicted octanol–water partition coefficient (Wildman–Crippen LogP) is 0.901. The quantitative estimate of drug-likeness (QED) is 0.741. The average molecular weight is 380 g/mol. The smallest absolute Gasteiger partial charge is 0.257 e. The molecule has 146 valence electrons. The Labute approximate surface area is 155 Å². The maximum Gasteiger partial charge on any atom is 0.257 e. The summed E-state index contributed by atoms with van der Waals surface area (Å²) in [5, 5.41) is 12.0. The molecule has 1 saturated heterocycles. The summed E-state index contributed by atoms with van der Waals surface area (Å²) in [5.41, 5.74) is -0.903. The first kappa shape index (κ1) is 19.3. The van der Waals surface area contributed by atoms with Gasteiger partial charge in [-0.2, -0.15) is 0 Å². The summed E-state index contributed by atoms with van der Waals surface area (Å²) in [6.45, 7) is 1.56. The first-order chi connectivity index (χ1) is 12.9. The van der Waals surface area contributed by atoms with Crippen molar-refractivity contribution >= 4 is 5.91 Å². The molecule has 0 spiro atoms. The highest BCUT2D eigenvalue weighted by Crippen LogP contribution is 2.35. The number of carbonyl (C=O) groups is 1. The van der Waals surface area contributed by atoms with E-state index in [1.54, 1.807) is 11.8 Å². The van der Waals surface area contributed by atoms with Crippen LogP contribution in [0.4, 0.5) is 8.78 Å². The van der Waals surface area contributed by atoms with Crippen LogP contribution in [0.2, 0.25) is 0 Å². The van der Waals surface area contributed by atoms with E-state index in [2.05, 4.69) is 15.5 Å². The monoisotopic (exact) mass is 380 g/mol. The predicted molar refractivity (Wildman–Crippen MR) is 91.9 cm³/mol. The third kappa shape index (κ3) is 3.54. The molecule has 2 heterocycles. The second-order valence-electron chi connectivity index (χ2n) is 6.75. The fourth-order valence-electron chi connectivity index (χ4n) is 3.41. The standard InChI is InChI=1S/C17H22F2N6O2/c1-23(2)17(16-20-21-22-25(16)8-9-27-3)6-7-24(11-17)15(26)13-10-12(18)4-5-14(13)19/h4-5,10H,6-9,11H2,1-3H3. The molecule has 3 rings (SSSR count). The Morgan fingerprint density at radius 3 is 2.85 bits per heavy atom. The van der Waals surface area contributed by atoms with Crippen molar-refractivity contribution in [2.75, 3.05) is 40.9 Å². The molecule has 1 aromatic carbocycles. The average Bonchev–Trinajstić information content (AvgIpc) is 3.28. The number of halogens is 2. The van der Waals surface area contributed by atoms with Crippen LogP contribution in [0.3, 0.4) is 0 Å². The molecule has 0 N–H and O–H groups in total. The molecule has 0 aliphatic carbocycles. The van der Waals surface area contributed by atoms with Crippen molar-refractivity contribution in [1.82, 2.24) is 30.0 Å². The topological polar surface area (TPSA) is 76.4 Å². The summed E-state index contributed by atoms with van der Waals surface area (Å²) in [5.74, 6) is -1.33. The van der Waals surface area contributed by atoms with E-state index in [1.807, 2.05) is 19.0 Å². The van der Waals surface area contributed by atoms with Gasteiger partial charge in [0.15, 0.2) is 5.82 Å². The number of methoxy groups -OCH3 is 1. The van der Waals surface area contributed by atoms with Gasteiger partial charge in [-0.3, -0.25) is 9.69 Å². The molecule has 27 heavy (non-hydrogen) atoms. The van der Waals surface area contributed by atoms with Crippen LogP contribution in [0.25, 0.3) is 0 Å². The van der Waals surface area contributed by atoms with Gasteiger partial charge in [0, 0.05) is 20.2 Å². The van der Waals surface area contributed by atoms with Gasteiger partial charge in [-0.1, -0.05) is 0 Å². The third-order valence-electron chi connectivity index (χ3n) is 5.01. The van der Waals surface area contributed by atoms with Crippen molar-refractivity contribution < 1.29 is 18.3 Å². The summed E-state index contributed by atoms with van der Waals surface area (Å²) in [7, 11) is 5.35. The van der Waals surface area contributed by atoms with Gasteiger partial charge in [0.1, 0.15) is 17.2 Å². The van der Waals surface area contributed by atoms with Crippen molar-refractivity contribution in [2.24, 2.45) is 0 Å². The van der Waals surface area contributed by atoms with Crippen LogP contribution < -0.4 is 0 Å². The number of aromatic nitrogens is 4. The highest BCUT2D eigenvalue weighted by Gasteiger charge is 2.47. The van der Waals surface area contributed by atoms with Crippen LogP contribution in [-0.2, 0) is 16.8 Å². The Balaban J connectivity index is 1.89.